The molecule has 0 saturated heterocycles. The van der Waals surface area contributed by atoms with Gasteiger partial charge in [0.25, 0.3) is 5.56 Å². The Labute approximate surface area is 128 Å². The largest absolute Gasteiger partial charge is 0.421 e. The molecule has 1 amide bonds. The maximum absolute atomic E-state index is 13.4. The van der Waals surface area contributed by atoms with Crippen molar-refractivity contribution in [2.45, 2.75) is 19.6 Å². The number of halogens is 4. The zero-order chi connectivity index (χ0) is 17.2. The van der Waals surface area contributed by atoms with Gasteiger partial charge in [0.1, 0.15) is 17.9 Å². The third-order valence-corrected chi connectivity index (χ3v) is 3.10. The third-order valence-electron chi connectivity index (χ3n) is 3.10. The number of anilines is 1. The quantitative estimate of drug-likeness (QED) is 0.881. The molecule has 0 radical (unpaired) electrons. The number of hydrogen-bond acceptors (Lipinski definition) is 2. The van der Waals surface area contributed by atoms with E-state index in [1.165, 1.54) is 12.1 Å². The van der Waals surface area contributed by atoms with Crippen molar-refractivity contribution in [1.29, 1.82) is 0 Å². The van der Waals surface area contributed by atoms with E-state index in [1.807, 2.05) is 0 Å². The second-order valence-corrected chi connectivity index (χ2v) is 4.86. The van der Waals surface area contributed by atoms with Crippen LogP contribution in [0.2, 0.25) is 0 Å². The van der Waals surface area contributed by atoms with Crippen LogP contribution in [-0.4, -0.2) is 10.5 Å². The average Bonchev–Trinajstić information content (AvgIpc) is 2.44. The molecule has 1 heterocycles. The topological polar surface area (TPSA) is 51.1 Å². The highest BCUT2D eigenvalue weighted by molar-refractivity contribution is 5.90. The van der Waals surface area contributed by atoms with Crippen LogP contribution in [0.3, 0.4) is 0 Å². The number of alkyl halides is 3. The van der Waals surface area contributed by atoms with Gasteiger partial charge in [-0.2, -0.15) is 13.2 Å². The molecule has 1 N–H and O–H groups in total. The molecular weight excluding hydrogens is 316 g/mol. The van der Waals surface area contributed by atoms with Gasteiger partial charge in [0.05, 0.1) is 0 Å². The highest BCUT2D eigenvalue weighted by Crippen LogP contribution is 2.25. The van der Waals surface area contributed by atoms with E-state index >= 15 is 0 Å². The molecule has 1 aromatic carbocycles. The standard InChI is InChI=1S/C15H12F4N2O2/c1-9-4-5-10(7-12(9)16)20-13(22)8-21-6-2-3-11(14(21)23)15(17,18)19/h2-7H,8H2,1H3,(H,20,22). The first-order valence-electron chi connectivity index (χ1n) is 6.51. The first kappa shape index (κ1) is 16.7. The van der Waals surface area contributed by atoms with Crippen molar-refractivity contribution in [3.63, 3.8) is 0 Å². The van der Waals surface area contributed by atoms with Gasteiger partial charge in [-0.05, 0) is 36.8 Å². The Kier molecular flexibility index (Phi) is 4.53. The molecule has 0 fully saturated rings. The number of pyridine rings is 1. The number of aryl methyl sites for hydroxylation is 1. The first-order chi connectivity index (χ1) is 10.7. The zero-order valence-electron chi connectivity index (χ0n) is 11.9. The SMILES string of the molecule is Cc1ccc(NC(=O)Cn2cccc(C(F)(F)F)c2=O)cc1F. The lowest BCUT2D eigenvalue weighted by Crippen LogP contribution is -2.31. The molecule has 23 heavy (non-hydrogen) atoms. The van der Waals surface area contributed by atoms with E-state index in [0.717, 1.165) is 18.3 Å². The van der Waals surface area contributed by atoms with Gasteiger partial charge in [-0.1, -0.05) is 6.07 Å². The van der Waals surface area contributed by atoms with Crippen molar-refractivity contribution >= 4 is 11.6 Å². The van der Waals surface area contributed by atoms with E-state index in [1.54, 1.807) is 6.92 Å². The van der Waals surface area contributed by atoms with Crippen molar-refractivity contribution in [1.82, 2.24) is 4.57 Å². The number of carbonyl (C=O) groups is 1. The van der Waals surface area contributed by atoms with E-state index in [-0.39, 0.29) is 5.69 Å². The molecule has 0 bridgehead atoms. The van der Waals surface area contributed by atoms with Crippen LogP contribution in [0.5, 0.6) is 0 Å². The van der Waals surface area contributed by atoms with Gasteiger partial charge in [0, 0.05) is 11.9 Å². The Balaban J connectivity index is 2.18. The molecule has 0 unspecified atom stereocenters. The van der Waals surface area contributed by atoms with Crippen molar-refractivity contribution in [2.24, 2.45) is 0 Å². The molecule has 0 atom stereocenters. The van der Waals surface area contributed by atoms with E-state index in [2.05, 4.69) is 5.32 Å². The van der Waals surface area contributed by atoms with Crippen LogP contribution in [0.1, 0.15) is 11.1 Å². The fraction of sp³-hybridized carbons (Fsp3) is 0.200. The number of hydrogen-bond donors (Lipinski definition) is 1. The van der Waals surface area contributed by atoms with Crippen molar-refractivity contribution in [3.8, 4) is 0 Å². The summed E-state index contributed by atoms with van der Waals surface area (Å²) in [5, 5.41) is 2.32. The monoisotopic (exact) mass is 328 g/mol. The Bertz CT molecular complexity index is 797. The fourth-order valence-corrected chi connectivity index (χ4v) is 1.90. The molecule has 122 valence electrons. The molecule has 8 heteroatoms. The number of rotatable bonds is 3. The average molecular weight is 328 g/mol. The fourth-order valence-electron chi connectivity index (χ4n) is 1.90. The summed E-state index contributed by atoms with van der Waals surface area (Å²) >= 11 is 0. The van der Waals surface area contributed by atoms with Crippen LogP contribution < -0.4 is 10.9 Å². The highest BCUT2D eigenvalue weighted by Gasteiger charge is 2.34. The second-order valence-electron chi connectivity index (χ2n) is 4.86. The first-order valence-corrected chi connectivity index (χ1v) is 6.51. The number of benzene rings is 1. The number of nitrogens with zero attached hydrogens (tertiary/aromatic N) is 1. The van der Waals surface area contributed by atoms with E-state index in [0.29, 0.717) is 16.2 Å². The second kappa shape index (κ2) is 6.23. The molecule has 0 spiro atoms. The summed E-state index contributed by atoms with van der Waals surface area (Å²) in [4.78, 5) is 23.5. The smallest absolute Gasteiger partial charge is 0.324 e. The van der Waals surface area contributed by atoms with Gasteiger partial charge in [-0.3, -0.25) is 9.59 Å². The maximum atomic E-state index is 13.4. The maximum Gasteiger partial charge on any atom is 0.421 e. The molecule has 0 saturated carbocycles. The Morgan fingerprint density at radius 3 is 2.57 bits per heavy atom. The molecule has 2 rings (SSSR count). The zero-order valence-corrected chi connectivity index (χ0v) is 11.9. The van der Waals surface area contributed by atoms with Crippen LogP contribution in [0.25, 0.3) is 0 Å². The predicted octanol–water partition coefficient (Wildman–Crippen LogP) is 2.95. The highest BCUT2D eigenvalue weighted by atomic mass is 19.4. The van der Waals surface area contributed by atoms with E-state index in [4.69, 9.17) is 0 Å². The van der Waals surface area contributed by atoms with Crippen LogP contribution in [0.4, 0.5) is 23.2 Å². The molecule has 0 aliphatic heterocycles. The summed E-state index contributed by atoms with van der Waals surface area (Å²) in [6, 6.07) is 5.66. The third kappa shape index (κ3) is 3.97. The molecule has 0 aliphatic carbocycles. The van der Waals surface area contributed by atoms with Gasteiger partial charge in [-0.15, -0.1) is 0 Å². The van der Waals surface area contributed by atoms with Crippen LogP contribution in [0, 0.1) is 12.7 Å². The van der Waals surface area contributed by atoms with Gasteiger partial charge in [0.15, 0.2) is 0 Å². The Morgan fingerprint density at radius 2 is 1.96 bits per heavy atom. The summed E-state index contributed by atoms with van der Waals surface area (Å²) in [5.41, 5.74) is -2.13. The Hall–Kier alpha value is -2.64. The minimum atomic E-state index is -4.79. The minimum absolute atomic E-state index is 0.151. The summed E-state index contributed by atoms with van der Waals surface area (Å²) in [7, 11) is 0. The van der Waals surface area contributed by atoms with Crippen molar-refractivity contribution < 1.29 is 22.4 Å². The van der Waals surface area contributed by atoms with Gasteiger partial charge < -0.3 is 9.88 Å². The summed E-state index contributed by atoms with van der Waals surface area (Å²) in [6.45, 7) is 0.932. The molecule has 1 aromatic heterocycles. The summed E-state index contributed by atoms with van der Waals surface area (Å²) < 4.78 is 51.9. The lowest BCUT2D eigenvalue weighted by Gasteiger charge is -2.11. The van der Waals surface area contributed by atoms with E-state index < -0.39 is 35.6 Å². The normalized spacial score (nSPS) is 11.3. The molecular formula is C15H12F4N2O2. The van der Waals surface area contributed by atoms with Crippen LogP contribution in [0.15, 0.2) is 41.3 Å². The lowest BCUT2D eigenvalue weighted by atomic mass is 10.2. The van der Waals surface area contributed by atoms with Crippen LogP contribution >= 0.6 is 0 Å². The van der Waals surface area contributed by atoms with E-state index in [9.17, 15) is 27.2 Å². The van der Waals surface area contributed by atoms with Crippen molar-refractivity contribution in [2.75, 3.05) is 5.32 Å². The van der Waals surface area contributed by atoms with Crippen molar-refractivity contribution in [3.05, 3.63) is 63.8 Å². The number of amides is 1. The lowest BCUT2D eigenvalue weighted by molar-refractivity contribution is -0.139. The Morgan fingerprint density at radius 1 is 1.26 bits per heavy atom. The van der Waals surface area contributed by atoms with Crippen LogP contribution in [-0.2, 0) is 17.5 Å². The predicted molar refractivity (Wildman–Crippen MR) is 75.5 cm³/mol. The number of carbonyl (C=O) groups excluding carboxylic acids is 1. The molecule has 0 aliphatic rings. The molecule has 4 nitrogen and oxygen atoms in total. The molecule has 2 aromatic rings. The minimum Gasteiger partial charge on any atom is -0.324 e. The number of nitrogens with one attached hydrogen (secondary N) is 1. The number of aromatic nitrogens is 1. The summed E-state index contributed by atoms with van der Waals surface area (Å²) in [6.07, 6.45) is -3.72. The van der Waals surface area contributed by atoms with Gasteiger partial charge in [0.2, 0.25) is 5.91 Å². The van der Waals surface area contributed by atoms with Gasteiger partial charge in [-0.25, -0.2) is 4.39 Å². The summed E-state index contributed by atoms with van der Waals surface area (Å²) in [5.74, 6) is -1.27. The van der Waals surface area contributed by atoms with Gasteiger partial charge >= 0.3 is 6.18 Å².